The zero-order chi connectivity index (χ0) is 18.3. The molecule has 1 fully saturated rings. The number of aromatic nitrogens is 1. The van der Waals surface area contributed by atoms with Gasteiger partial charge in [-0.3, -0.25) is 0 Å². The van der Waals surface area contributed by atoms with E-state index >= 15 is 0 Å². The highest BCUT2D eigenvalue weighted by Crippen LogP contribution is 2.33. The standard InChI is InChI=1S/C17H15Cl2N3O2S2/c18-12-4-6-13(7-5-12)26(23,24)22-10-8-21(9-11-22)17-20-16-14(19)2-1-3-15(16)25-17/h1-7H,8-11H2. The SMILES string of the molecule is O=S(=O)(c1ccc(Cl)cc1)N1CCN(c2nc3c(Cl)cccc3s2)CC1. The lowest BCUT2D eigenvalue weighted by Crippen LogP contribution is -2.48. The topological polar surface area (TPSA) is 53.5 Å². The van der Waals surface area contributed by atoms with Crippen LogP contribution in [-0.2, 0) is 10.0 Å². The molecule has 1 aromatic heterocycles. The molecule has 0 amide bonds. The monoisotopic (exact) mass is 427 g/mol. The molecule has 2 aromatic carbocycles. The van der Waals surface area contributed by atoms with Gasteiger partial charge in [0.05, 0.1) is 14.6 Å². The van der Waals surface area contributed by atoms with E-state index in [4.69, 9.17) is 23.2 Å². The Balaban J connectivity index is 1.51. The zero-order valence-electron chi connectivity index (χ0n) is 13.6. The number of fused-ring (bicyclic) bond motifs is 1. The van der Waals surface area contributed by atoms with Crippen molar-refractivity contribution < 1.29 is 8.42 Å². The largest absolute Gasteiger partial charge is 0.345 e. The van der Waals surface area contributed by atoms with Crippen LogP contribution in [0.1, 0.15) is 0 Å². The molecular formula is C17H15Cl2N3O2S2. The molecule has 1 aliphatic heterocycles. The number of sulfonamides is 1. The van der Waals surface area contributed by atoms with Gasteiger partial charge in [-0.05, 0) is 36.4 Å². The number of halogens is 2. The van der Waals surface area contributed by atoms with Gasteiger partial charge in [0.25, 0.3) is 0 Å². The van der Waals surface area contributed by atoms with Crippen molar-refractivity contribution in [1.29, 1.82) is 0 Å². The van der Waals surface area contributed by atoms with Crippen molar-refractivity contribution >= 4 is 59.9 Å². The molecule has 2 heterocycles. The Kier molecular flexibility index (Phi) is 4.83. The van der Waals surface area contributed by atoms with Gasteiger partial charge in [0.1, 0.15) is 5.52 Å². The van der Waals surface area contributed by atoms with Gasteiger partial charge in [-0.2, -0.15) is 4.31 Å². The number of piperazine rings is 1. The van der Waals surface area contributed by atoms with Crippen molar-refractivity contribution in [3.63, 3.8) is 0 Å². The number of nitrogens with zero attached hydrogens (tertiary/aromatic N) is 3. The molecule has 0 spiro atoms. The number of hydrogen-bond acceptors (Lipinski definition) is 5. The van der Waals surface area contributed by atoms with Gasteiger partial charge in [-0.15, -0.1) is 0 Å². The first-order chi connectivity index (χ1) is 12.4. The highest BCUT2D eigenvalue weighted by molar-refractivity contribution is 7.89. The summed E-state index contributed by atoms with van der Waals surface area (Å²) in [5.74, 6) is 0. The molecule has 0 aliphatic carbocycles. The van der Waals surface area contributed by atoms with Crippen molar-refractivity contribution in [2.45, 2.75) is 4.90 Å². The molecule has 136 valence electrons. The van der Waals surface area contributed by atoms with E-state index in [-0.39, 0.29) is 4.90 Å². The van der Waals surface area contributed by atoms with E-state index in [0.29, 0.717) is 36.2 Å². The van der Waals surface area contributed by atoms with Crippen LogP contribution in [0.4, 0.5) is 5.13 Å². The van der Waals surface area contributed by atoms with E-state index < -0.39 is 10.0 Å². The summed E-state index contributed by atoms with van der Waals surface area (Å²) in [5, 5.41) is 2.02. The fourth-order valence-electron chi connectivity index (χ4n) is 2.91. The first-order valence-electron chi connectivity index (χ1n) is 8.01. The summed E-state index contributed by atoms with van der Waals surface area (Å²) < 4.78 is 28.1. The third-order valence-electron chi connectivity index (χ3n) is 4.32. The minimum absolute atomic E-state index is 0.266. The molecule has 0 N–H and O–H groups in total. The highest BCUT2D eigenvalue weighted by atomic mass is 35.5. The molecule has 0 unspecified atom stereocenters. The van der Waals surface area contributed by atoms with E-state index in [9.17, 15) is 8.42 Å². The van der Waals surface area contributed by atoms with Crippen molar-refractivity contribution in [3.8, 4) is 0 Å². The van der Waals surface area contributed by atoms with Crippen LogP contribution in [0.2, 0.25) is 10.0 Å². The summed E-state index contributed by atoms with van der Waals surface area (Å²) >= 11 is 13.6. The third kappa shape index (κ3) is 3.30. The van der Waals surface area contributed by atoms with Crippen molar-refractivity contribution in [3.05, 3.63) is 52.5 Å². The lowest BCUT2D eigenvalue weighted by atomic mass is 10.3. The summed E-state index contributed by atoms with van der Waals surface area (Å²) in [6, 6.07) is 12.0. The van der Waals surface area contributed by atoms with Crippen LogP contribution in [0.25, 0.3) is 10.2 Å². The summed E-state index contributed by atoms with van der Waals surface area (Å²) in [6.07, 6.45) is 0. The van der Waals surface area contributed by atoms with Crippen LogP contribution in [0.5, 0.6) is 0 Å². The predicted molar refractivity (Wildman–Crippen MR) is 107 cm³/mol. The average Bonchev–Trinajstić information content (AvgIpc) is 3.08. The number of anilines is 1. The third-order valence-corrected chi connectivity index (χ3v) is 7.87. The Bertz CT molecular complexity index is 1040. The smallest absolute Gasteiger partial charge is 0.243 e. The molecule has 0 bridgehead atoms. The number of rotatable bonds is 3. The molecule has 0 atom stereocenters. The maximum Gasteiger partial charge on any atom is 0.243 e. The minimum atomic E-state index is -3.51. The summed E-state index contributed by atoms with van der Waals surface area (Å²) in [5.41, 5.74) is 0.797. The first kappa shape index (κ1) is 18.0. The molecule has 0 radical (unpaired) electrons. The number of hydrogen-bond donors (Lipinski definition) is 0. The van der Waals surface area contributed by atoms with Crippen LogP contribution in [-0.4, -0.2) is 43.9 Å². The molecular weight excluding hydrogens is 413 g/mol. The summed E-state index contributed by atoms with van der Waals surface area (Å²) in [4.78, 5) is 6.99. The van der Waals surface area contributed by atoms with Crippen molar-refractivity contribution in [2.75, 3.05) is 31.1 Å². The van der Waals surface area contributed by atoms with Crippen LogP contribution in [0.3, 0.4) is 0 Å². The zero-order valence-corrected chi connectivity index (χ0v) is 16.7. The van der Waals surface area contributed by atoms with Gasteiger partial charge >= 0.3 is 0 Å². The Labute approximate surface area is 165 Å². The Morgan fingerprint density at radius 3 is 2.31 bits per heavy atom. The fourth-order valence-corrected chi connectivity index (χ4v) is 5.78. The lowest BCUT2D eigenvalue weighted by Gasteiger charge is -2.33. The lowest BCUT2D eigenvalue weighted by molar-refractivity contribution is 0.385. The van der Waals surface area contributed by atoms with Crippen LogP contribution in [0, 0.1) is 0 Å². The maximum absolute atomic E-state index is 12.8. The highest BCUT2D eigenvalue weighted by Gasteiger charge is 2.29. The molecule has 4 rings (SSSR count). The van der Waals surface area contributed by atoms with E-state index in [2.05, 4.69) is 9.88 Å². The van der Waals surface area contributed by atoms with E-state index in [1.54, 1.807) is 35.6 Å². The van der Waals surface area contributed by atoms with E-state index in [1.165, 1.54) is 4.31 Å². The normalized spacial score (nSPS) is 16.3. The minimum Gasteiger partial charge on any atom is -0.345 e. The predicted octanol–water partition coefficient (Wildman–Crippen LogP) is 4.11. The second kappa shape index (κ2) is 6.98. The Morgan fingerprint density at radius 1 is 0.962 bits per heavy atom. The van der Waals surface area contributed by atoms with E-state index in [1.807, 2.05) is 18.2 Å². The molecule has 3 aromatic rings. The average molecular weight is 428 g/mol. The van der Waals surface area contributed by atoms with Gasteiger partial charge in [0.2, 0.25) is 10.0 Å². The van der Waals surface area contributed by atoms with Gasteiger partial charge in [-0.25, -0.2) is 13.4 Å². The molecule has 5 nitrogen and oxygen atoms in total. The van der Waals surface area contributed by atoms with Crippen molar-refractivity contribution in [2.24, 2.45) is 0 Å². The van der Waals surface area contributed by atoms with Gasteiger partial charge in [0, 0.05) is 31.2 Å². The molecule has 1 saturated heterocycles. The summed E-state index contributed by atoms with van der Waals surface area (Å²) in [6.45, 7) is 2.00. The van der Waals surface area contributed by atoms with E-state index in [0.717, 1.165) is 15.3 Å². The summed E-state index contributed by atoms with van der Waals surface area (Å²) in [7, 11) is -3.51. The fraction of sp³-hybridized carbons (Fsp3) is 0.235. The second-order valence-electron chi connectivity index (χ2n) is 5.93. The molecule has 26 heavy (non-hydrogen) atoms. The van der Waals surface area contributed by atoms with Crippen LogP contribution in [0.15, 0.2) is 47.4 Å². The Hall–Kier alpha value is -1.38. The molecule has 9 heteroatoms. The quantitative estimate of drug-likeness (QED) is 0.630. The first-order valence-corrected chi connectivity index (χ1v) is 11.0. The molecule has 0 saturated carbocycles. The second-order valence-corrected chi connectivity index (χ2v) is 9.72. The number of thiazole rings is 1. The van der Waals surface area contributed by atoms with Crippen LogP contribution >= 0.6 is 34.5 Å². The number of benzene rings is 2. The van der Waals surface area contributed by atoms with Crippen molar-refractivity contribution in [1.82, 2.24) is 9.29 Å². The van der Waals surface area contributed by atoms with Crippen LogP contribution < -0.4 is 4.90 Å². The van der Waals surface area contributed by atoms with Gasteiger partial charge in [0.15, 0.2) is 5.13 Å². The molecule has 1 aliphatic rings. The van der Waals surface area contributed by atoms with Gasteiger partial charge < -0.3 is 4.90 Å². The Morgan fingerprint density at radius 2 is 1.65 bits per heavy atom. The number of para-hydroxylation sites is 1. The van der Waals surface area contributed by atoms with Gasteiger partial charge in [-0.1, -0.05) is 40.6 Å². The maximum atomic E-state index is 12.8.